The Morgan fingerprint density at radius 3 is 3.11 bits per heavy atom. The van der Waals surface area contributed by atoms with E-state index in [-0.39, 0.29) is 5.91 Å². The van der Waals surface area contributed by atoms with E-state index >= 15 is 0 Å². The Morgan fingerprint density at radius 1 is 1.50 bits per heavy atom. The van der Waals surface area contributed by atoms with E-state index in [2.05, 4.69) is 15.3 Å². The summed E-state index contributed by atoms with van der Waals surface area (Å²) in [6.45, 7) is 2.75. The maximum atomic E-state index is 11.6. The summed E-state index contributed by atoms with van der Waals surface area (Å²) in [5, 5.41) is 5.67. The van der Waals surface area contributed by atoms with E-state index in [0.29, 0.717) is 6.42 Å². The molecule has 0 saturated carbocycles. The van der Waals surface area contributed by atoms with Crippen LogP contribution >= 0.6 is 11.3 Å². The molecule has 0 aromatic carbocycles. The van der Waals surface area contributed by atoms with Gasteiger partial charge in [0, 0.05) is 29.9 Å². The average molecular weight is 261 g/mol. The number of carbonyl (C=O) groups excluding carboxylic acids is 1. The predicted octanol–water partition coefficient (Wildman–Crippen LogP) is 2.27. The van der Waals surface area contributed by atoms with Crippen molar-refractivity contribution in [1.82, 2.24) is 15.3 Å². The second kappa shape index (κ2) is 6.26. The topological polar surface area (TPSA) is 54.9 Å². The molecule has 0 unspecified atom stereocenters. The van der Waals surface area contributed by atoms with Gasteiger partial charge in [-0.2, -0.15) is 0 Å². The van der Waals surface area contributed by atoms with Crippen molar-refractivity contribution in [2.75, 3.05) is 6.54 Å². The molecule has 0 aliphatic rings. The number of hydrogen-bond acceptors (Lipinski definition) is 4. The molecule has 2 aromatic rings. The smallest absolute Gasteiger partial charge is 0.226 e. The number of hydrogen-bond donors (Lipinski definition) is 1. The van der Waals surface area contributed by atoms with Crippen LogP contribution in [0.3, 0.4) is 0 Å². The number of aromatic nitrogens is 2. The fourth-order valence-corrected chi connectivity index (χ4v) is 2.31. The van der Waals surface area contributed by atoms with Gasteiger partial charge in [0.15, 0.2) is 0 Å². The van der Waals surface area contributed by atoms with Crippen molar-refractivity contribution in [3.63, 3.8) is 0 Å². The van der Waals surface area contributed by atoms with Gasteiger partial charge in [-0.25, -0.2) is 4.98 Å². The fourth-order valence-electron chi connectivity index (χ4n) is 1.50. The van der Waals surface area contributed by atoms with Crippen molar-refractivity contribution in [2.45, 2.75) is 19.8 Å². The van der Waals surface area contributed by atoms with E-state index in [0.717, 1.165) is 29.2 Å². The molecular weight excluding hydrogens is 246 g/mol. The fraction of sp³-hybridized carbons (Fsp3) is 0.308. The highest BCUT2D eigenvalue weighted by Crippen LogP contribution is 2.22. The lowest BCUT2D eigenvalue weighted by molar-refractivity contribution is -0.120. The van der Waals surface area contributed by atoms with Gasteiger partial charge >= 0.3 is 0 Å². The van der Waals surface area contributed by atoms with Crippen molar-refractivity contribution in [1.29, 1.82) is 0 Å². The Labute approximate surface area is 110 Å². The number of amides is 1. The zero-order valence-corrected chi connectivity index (χ0v) is 11.0. The number of rotatable bonds is 5. The molecule has 94 valence electrons. The predicted molar refractivity (Wildman–Crippen MR) is 72.3 cm³/mol. The maximum absolute atomic E-state index is 11.6. The third kappa shape index (κ3) is 3.37. The molecule has 0 aliphatic carbocycles. The van der Waals surface area contributed by atoms with Crippen LogP contribution in [0.25, 0.3) is 10.6 Å². The first kappa shape index (κ1) is 12.7. The molecule has 1 N–H and O–H groups in total. The van der Waals surface area contributed by atoms with Crippen LogP contribution < -0.4 is 5.32 Å². The third-order valence-corrected chi connectivity index (χ3v) is 3.31. The summed E-state index contributed by atoms with van der Waals surface area (Å²) in [6.07, 6.45) is 4.80. The highest BCUT2D eigenvalue weighted by Gasteiger charge is 2.08. The lowest BCUT2D eigenvalue weighted by Gasteiger charge is -2.00. The van der Waals surface area contributed by atoms with E-state index in [9.17, 15) is 4.79 Å². The summed E-state index contributed by atoms with van der Waals surface area (Å²) in [5.41, 5.74) is 1.80. The lowest BCUT2D eigenvalue weighted by Crippen LogP contribution is -2.25. The Bertz CT molecular complexity index is 510. The second-order valence-corrected chi connectivity index (χ2v) is 4.77. The highest BCUT2D eigenvalue weighted by molar-refractivity contribution is 7.13. The van der Waals surface area contributed by atoms with Gasteiger partial charge in [0.2, 0.25) is 5.91 Å². The van der Waals surface area contributed by atoms with Gasteiger partial charge in [-0.3, -0.25) is 9.78 Å². The Kier molecular flexibility index (Phi) is 4.41. The van der Waals surface area contributed by atoms with Crippen LogP contribution in [-0.2, 0) is 11.2 Å². The van der Waals surface area contributed by atoms with E-state index in [1.54, 1.807) is 12.4 Å². The first-order valence-electron chi connectivity index (χ1n) is 5.91. The van der Waals surface area contributed by atoms with Crippen LogP contribution in [0.4, 0.5) is 0 Å². The van der Waals surface area contributed by atoms with Gasteiger partial charge in [-0.05, 0) is 18.6 Å². The van der Waals surface area contributed by atoms with Crippen LogP contribution in [0.1, 0.15) is 19.0 Å². The van der Waals surface area contributed by atoms with Crippen LogP contribution in [0.15, 0.2) is 29.9 Å². The van der Waals surface area contributed by atoms with Gasteiger partial charge < -0.3 is 5.32 Å². The standard InChI is InChI=1S/C13H15N3OS/c1-2-5-15-12(17)7-11-9-18-13(16-11)10-4-3-6-14-8-10/h3-4,6,8-9H,2,5,7H2,1H3,(H,15,17). The van der Waals surface area contributed by atoms with Crippen LogP contribution in [-0.4, -0.2) is 22.4 Å². The Hall–Kier alpha value is -1.75. The summed E-state index contributed by atoms with van der Waals surface area (Å²) in [5.74, 6) is 0.0277. The van der Waals surface area contributed by atoms with Crippen LogP contribution in [0.2, 0.25) is 0 Å². The monoisotopic (exact) mass is 261 g/mol. The van der Waals surface area contributed by atoms with Crippen molar-refractivity contribution in [3.8, 4) is 10.6 Å². The number of thiazole rings is 1. The minimum absolute atomic E-state index is 0.0277. The zero-order chi connectivity index (χ0) is 12.8. The second-order valence-electron chi connectivity index (χ2n) is 3.91. The number of carbonyl (C=O) groups is 1. The summed E-state index contributed by atoms with van der Waals surface area (Å²) in [4.78, 5) is 20.1. The van der Waals surface area contributed by atoms with Gasteiger partial charge in [-0.15, -0.1) is 11.3 Å². The highest BCUT2D eigenvalue weighted by atomic mass is 32.1. The number of nitrogens with one attached hydrogen (secondary N) is 1. The first-order valence-corrected chi connectivity index (χ1v) is 6.79. The third-order valence-electron chi connectivity index (χ3n) is 2.37. The normalized spacial score (nSPS) is 10.3. The molecule has 0 bridgehead atoms. The molecule has 4 nitrogen and oxygen atoms in total. The quantitative estimate of drug-likeness (QED) is 0.898. The van der Waals surface area contributed by atoms with Gasteiger partial charge in [-0.1, -0.05) is 6.92 Å². The molecule has 2 aromatic heterocycles. The molecule has 1 amide bonds. The minimum Gasteiger partial charge on any atom is -0.356 e. The van der Waals surface area contributed by atoms with Crippen LogP contribution in [0.5, 0.6) is 0 Å². The molecule has 0 saturated heterocycles. The largest absolute Gasteiger partial charge is 0.356 e. The number of nitrogens with zero attached hydrogens (tertiary/aromatic N) is 2. The van der Waals surface area contributed by atoms with E-state index in [4.69, 9.17) is 0 Å². The molecule has 0 atom stereocenters. The molecular formula is C13H15N3OS. The van der Waals surface area contributed by atoms with Crippen molar-refractivity contribution >= 4 is 17.2 Å². The van der Waals surface area contributed by atoms with Crippen molar-refractivity contribution < 1.29 is 4.79 Å². The number of pyridine rings is 1. The summed E-state index contributed by atoms with van der Waals surface area (Å²) < 4.78 is 0. The van der Waals surface area contributed by atoms with Gasteiger partial charge in [0.1, 0.15) is 5.01 Å². The minimum atomic E-state index is 0.0277. The van der Waals surface area contributed by atoms with E-state index < -0.39 is 0 Å². The van der Waals surface area contributed by atoms with E-state index in [1.165, 1.54) is 11.3 Å². The van der Waals surface area contributed by atoms with Gasteiger partial charge in [0.05, 0.1) is 12.1 Å². The zero-order valence-electron chi connectivity index (χ0n) is 10.2. The molecule has 2 heterocycles. The van der Waals surface area contributed by atoms with Crippen molar-refractivity contribution in [2.24, 2.45) is 0 Å². The SMILES string of the molecule is CCCNC(=O)Cc1csc(-c2cccnc2)n1. The Morgan fingerprint density at radius 2 is 2.39 bits per heavy atom. The molecule has 0 aliphatic heterocycles. The van der Waals surface area contributed by atoms with Crippen molar-refractivity contribution in [3.05, 3.63) is 35.6 Å². The molecule has 0 spiro atoms. The van der Waals surface area contributed by atoms with Gasteiger partial charge in [0.25, 0.3) is 0 Å². The first-order chi connectivity index (χ1) is 8.79. The van der Waals surface area contributed by atoms with Crippen LogP contribution in [0, 0.1) is 0 Å². The average Bonchev–Trinajstić information content (AvgIpc) is 2.86. The molecule has 0 radical (unpaired) electrons. The summed E-state index contributed by atoms with van der Waals surface area (Å²) in [7, 11) is 0. The summed E-state index contributed by atoms with van der Waals surface area (Å²) >= 11 is 1.54. The molecule has 5 heteroatoms. The summed E-state index contributed by atoms with van der Waals surface area (Å²) in [6, 6.07) is 3.84. The lowest BCUT2D eigenvalue weighted by atomic mass is 10.3. The van der Waals surface area contributed by atoms with E-state index in [1.807, 2.05) is 24.4 Å². The molecule has 0 fully saturated rings. The molecule has 2 rings (SSSR count). The Balaban J connectivity index is 2.00. The maximum Gasteiger partial charge on any atom is 0.226 e. The molecule has 18 heavy (non-hydrogen) atoms.